The van der Waals surface area contributed by atoms with Crippen LogP contribution in [0.2, 0.25) is 0 Å². The molecular weight excluding hydrogens is 328 g/mol. The first-order valence-electron chi connectivity index (χ1n) is 8.96. The van der Waals surface area contributed by atoms with E-state index in [4.69, 9.17) is 9.47 Å². The van der Waals surface area contributed by atoms with Crippen LogP contribution in [0.25, 0.3) is 10.9 Å². The summed E-state index contributed by atoms with van der Waals surface area (Å²) < 4.78 is 10.4. The first kappa shape index (κ1) is 16.7. The maximum absolute atomic E-state index is 11.8. The van der Waals surface area contributed by atoms with Gasteiger partial charge >= 0.3 is 5.97 Å². The second kappa shape index (κ2) is 7.22. The molecule has 134 valence electrons. The Balaban J connectivity index is 1.67. The van der Waals surface area contributed by atoms with Gasteiger partial charge in [0.1, 0.15) is 5.75 Å². The molecule has 0 spiro atoms. The molecule has 0 bridgehead atoms. The number of quaternary nitrogens is 1. The van der Waals surface area contributed by atoms with E-state index in [1.54, 1.807) is 7.11 Å². The SMILES string of the molecule is COc1ccc([C@@H](C[NH2+][C@@H]2CCOC2=O)c2c[nH]c3ccccc23)cc1. The highest BCUT2D eigenvalue weighted by molar-refractivity contribution is 5.84. The number of ether oxygens (including phenoxy) is 2. The number of para-hydroxylation sites is 1. The van der Waals surface area contributed by atoms with Crippen LogP contribution in [0.15, 0.2) is 54.7 Å². The summed E-state index contributed by atoms with van der Waals surface area (Å²) in [5.41, 5.74) is 3.58. The van der Waals surface area contributed by atoms with Gasteiger partial charge in [-0.3, -0.25) is 0 Å². The first-order valence-corrected chi connectivity index (χ1v) is 8.96. The lowest BCUT2D eigenvalue weighted by molar-refractivity contribution is -0.677. The molecule has 4 rings (SSSR count). The smallest absolute Gasteiger partial charge is 0.364 e. The maximum Gasteiger partial charge on any atom is 0.364 e. The molecule has 1 aromatic heterocycles. The Kier molecular flexibility index (Phi) is 4.63. The summed E-state index contributed by atoms with van der Waals surface area (Å²) in [6, 6.07) is 16.4. The average molecular weight is 351 g/mol. The van der Waals surface area contributed by atoms with Crippen molar-refractivity contribution in [1.29, 1.82) is 0 Å². The number of benzene rings is 2. The molecule has 2 aromatic carbocycles. The van der Waals surface area contributed by atoms with E-state index in [-0.39, 0.29) is 17.9 Å². The van der Waals surface area contributed by atoms with Crippen molar-refractivity contribution in [2.45, 2.75) is 18.4 Å². The monoisotopic (exact) mass is 351 g/mol. The summed E-state index contributed by atoms with van der Waals surface area (Å²) in [7, 11) is 1.67. The van der Waals surface area contributed by atoms with Crippen molar-refractivity contribution in [2.24, 2.45) is 0 Å². The topological polar surface area (TPSA) is 67.9 Å². The minimum atomic E-state index is -0.0996. The molecule has 0 unspecified atom stereocenters. The number of fused-ring (bicyclic) bond motifs is 1. The van der Waals surface area contributed by atoms with Crippen LogP contribution in [0.3, 0.4) is 0 Å². The van der Waals surface area contributed by atoms with Crippen LogP contribution in [-0.4, -0.2) is 37.3 Å². The van der Waals surface area contributed by atoms with Crippen LogP contribution in [0.5, 0.6) is 5.75 Å². The predicted octanol–water partition coefficient (Wildman–Crippen LogP) is 2.19. The lowest BCUT2D eigenvalue weighted by Crippen LogP contribution is -2.92. The van der Waals surface area contributed by atoms with Gasteiger partial charge in [-0.2, -0.15) is 0 Å². The Morgan fingerprint density at radius 3 is 2.77 bits per heavy atom. The molecule has 0 aliphatic carbocycles. The number of nitrogens with one attached hydrogen (secondary N) is 1. The number of carbonyl (C=O) groups is 1. The van der Waals surface area contributed by atoms with Crippen molar-refractivity contribution < 1.29 is 19.6 Å². The number of methoxy groups -OCH3 is 1. The molecule has 3 N–H and O–H groups in total. The summed E-state index contributed by atoms with van der Waals surface area (Å²) in [4.78, 5) is 15.2. The Morgan fingerprint density at radius 1 is 1.23 bits per heavy atom. The van der Waals surface area contributed by atoms with Gasteiger partial charge in [-0.25, -0.2) is 4.79 Å². The quantitative estimate of drug-likeness (QED) is 0.669. The van der Waals surface area contributed by atoms with Crippen molar-refractivity contribution in [1.82, 2.24) is 4.98 Å². The molecule has 2 atom stereocenters. The van der Waals surface area contributed by atoms with Crippen LogP contribution in [-0.2, 0) is 9.53 Å². The molecule has 1 fully saturated rings. The number of aromatic amines is 1. The van der Waals surface area contributed by atoms with Gasteiger partial charge in [0.2, 0.25) is 0 Å². The lowest BCUT2D eigenvalue weighted by Gasteiger charge is -2.18. The van der Waals surface area contributed by atoms with Crippen LogP contribution in [0.4, 0.5) is 0 Å². The third-order valence-corrected chi connectivity index (χ3v) is 5.15. The number of cyclic esters (lactones) is 1. The van der Waals surface area contributed by atoms with Crippen LogP contribution >= 0.6 is 0 Å². The molecule has 1 aliphatic rings. The first-order chi connectivity index (χ1) is 12.8. The lowest BCUT2D eigenvalue weighted by atomic mass is 9.90. The van der Waals surface area contributed by atoms with Crippen molar-refractivity contribution in [3.63, 3.8) is 0 Å². The van der Waals surface area contributed by atoms with Gasteiger partial charge in [0.15, 0.2) is 6.04 Å². The fraction of sp³-hybridized carbons (Fsp3) is 0.286. The van der Waals surface area contributed by atoms with Crippen LogP contribution in [0.1, 0.15) is 23.5 Å². The fourth-order valence-electron chi connectivity index (χ4n) is 3.69. The van der Waals surface area contributed by atoms with E-state index >= 15 is 0 Å². The Morgan fingerprint density at radius 2 is 2.04 bits per heavy atom. The highest BCUT2D eigenvalue weighted by atomic mass is 16.5. The molecule has 26 heavy (non-hydrogen) atoms. The Labute approximate surface area is 152 Å². The van der Waals surface area contributed by atoms with E-state index < -0.39 is 0 Å². The molecule has 0 saturated carbocycles. The van der Waals surface area contributed by atoms with Gasteiger partial charge in [-0.1, -0.05) is 30.3 Å². The van der Waals surface area contributed by atoms with Gasteiger partial charge in [0, 0.05) is 23.5 Å². The van der Waals surface area contributed by atoms with Crippen LogP contribution in [0, 0.1) is 0 Å². The van der Waals surface area contributed by atoms with Crippen molar-refractivity contribution in [3.05, 3.63) is 65.9 Å². The van der Waals surface area contributed by atoms with E-state index in [2.05, 4.69) is 46.8 Å². The minimum Gasteiger partial charge on any atom is -0.497 e. The summed E-state index contributed by atoms with van der Waals surface area (Å²) in [5, 5.41) is 3.34. The molecular formula is C21H23N2O3+. The molecule has 5 heteroatoms. The van der Waals surface area contributed by atoms with E-state index in [0.717, 1.165) is 24.2 Å². The van der Waals surface area contributed by atoms with E-state index in [1.165, 1.54) is 16.5 Å². The van der Waals surface area contributed by atoms with E-state index in [9.17, 15) is 4.79 Å². The molecule has 0 radical (unpaired) electrons. The number of hydrogen-bond acceptors (Lipinski definition) is 3. The Hall–Kier alpha value is -2.79. The number of rotatable bonds is 6. The second-order valence-electron chi connectivity index (χ2n) is 6.65. The third kappa shape index (κ3) is 3.18. The normalized spacial score (nSPS) is 18.0. The second-order valence-corrected chi connectivity index (χ2v) is 6.65. The number of carbonyl (C=O) groups excluding carboxylic acids is 1. The molecule has 3 aromatic rings. The average Bonchev–Trinajstić information content (AvgIpc) is 3.29. The number of nitrogens with two attached hydrogens (primary N) is 1. The maximum atomic E-state index is 11.8. The number of aromatic nitrogens is 1. The predicted molar refractivity (Wildman–Crippen MR) is 99.3 cm³/mol. The summed E-state index contributed by atoms with van der Waals surface area (Å²) in [5.74, 6) is 0.914. The van der Waals surface area contributed by atoms with Crippen molar-refractivity contribution in [2.75, 3.05) is 20.3 Å². The van der Waals surface area contributed by atoms with Gasteiger partial charge in [0.05, 0.1) is 26.2 Å². The molecule has 0 amide bonds. The van der Waals surface area contributed by atoms with Gasteiger partial charge in [-0.15, -0.1) is 0 Å². The summed E-state index contributed by atoms with van der Waals surface area (Å²) >= 11 is 0. The molecule has 1 saturated heterocycles. The largest absolute Gasteiger partial charge is 0.497 e. The minimum absolute atomic E-state index is 0.0963. The zero-order valence-corrected chi connectivity index (χ0v) is 14.8. The van der Waals surface area contributed by atoms with E-state index in [0.29, 0.717) is 6.61 Å². The Bertz CT molecular complexity index is 901. The summed E-state index contributed by atoms with van der Waals surface area (Å²) in [6.45, 7) is 1.31. The fourth-order valence-corrected chi connectivity index (χ4v) is 3.69. The van der Waals surface area contributed by atoms with Crippen molar-refractivity contribution in [3.8, 4) is 5.75 Å². The van der Waals surface area contributed by atoms with Gasteiger partial charge in [0.25, 0.3) is 0 Å². The van der Waals surface area contributed by atoms with Gasteiger partial charge in [-0.05, 0) is 29.3 Å². The highest BCUT2D eigenvalue weighted by Crippen LogP contribution is 2.30. The molecule has 1 aliphatic heterocycles. The van der Waals surface area contributed by atoms with Crippen molar-refractivity contribution >= 4 is 16.9 Å². The zero-order valence-electron chi connectivity index (χ0n) is 14.8. The van der Waals surface area contributed by atoms with Gasteiger partial charge < -0.3 is 19.8 Å². The molecule has 5 nitrogen and oxygen atoms in total. The highest BCUT2D eigenvalue weighted by Gasteiger charge is 2.31. The van der Waals surface area contributed by atoms with E-state index in [1.807, 2.05) is 18.2 Å². The number of hydrogen-bond donors (Lipinski definition) is 2. The third-order valence-electron chi connectivity index (χ3n) is 5.15. The zero-order chi connectivity index (χ0) is 17.9. The standard InChI is InChI=1S/C21H22N2O3/c1-25-15-8-6-14(7-9-15)17(12-23-20-10-11-26-21(20)24)18-13-22-19-5-3-2-4-16(18)19/h2-9,13,17,20,22-23H,10-12H2,1H3/p+1/t17-,20-/m1/s1. The summed E-state index contributed by atoms with van der Waals surface area (Å²) in [6.07, 6.45) is 2.86. The molecule has 2 heterocycles. The van der Waals surface area contributed by atoms with Crippen LogP contribution < -0.4 is 10.1 Å². The number of H-pyrrole nitrogens is 1. The number of esters is 1.